The van der Waals surface area contributed by atoms with Gasteiger partial charge < -0.3 is 5.11 Å². The van der Waals surface area contributed by atoms with Crippen molar-refractivity contribution in [2.45, 2.75) is 33.4 Å². The maximum Gasteiger partial charge on any atom is 0.345 e. The minimum Gasteiger partial charge on any atom is -0.391 e. The van der Waals surface area contributed by atoms with Gasteiger partial charge in [-0.2, -0.15) is 5.10 Å². The van der Waals surface area contributed by atoms with Crippen molar-refractivity contribution >= 4 is 0 Å². The van der Waals surface area contributed by atoms with Gasteiger partial charge in [0.1, 0.15) is 6.33 Å². The zero-order valence-corrected chi connectivity index (χ0v) is 8.56. The van der Waals surface area contributed by atoms with E-state index in [1.165, 1.54) is 15.6 Å². The van der Waals surface area contributed by atoms with E-state index in [9.17, 15) is 4.79 Å². The number of aromatic nitrogens is 3. The van der Waals surface area contributed by atoms with Crippen molar-refractivity contribution in [1.29, 1.82) is 0 Å². The summed E-state index contributed by atoms with van der Waals surface area (Å²) in [5, 5.41) is 12.7. The Labute approximate surface area is 77.6 Å². The van der Waals surface area contributed by atoms with Crippen LogP contribution in [0.3, 0.4) is 0 Å². The molecular weight excluding hydrogens is 170 g/mol. The molecule has 1 unspecified atom stereocenters. The largest absolute Gasteiger partial charge is 0.391 e. The van der Waals surface area contributed by atoms with Crippen LogP contribution in [-0.4, -0.2) is 25.6 Å². The van der Waals surface area contributed by atoms with Crippen LogP contribution in [0.15, 0.2) is 11.1 Å². The Kier molecular flexibility index (Phi) is 5.06. The van der Waals surface area contributed by atoms with Crippen LogP contribution in [0.1, 0.15) is 20.8 Å². The van der Waals surface area contributed by atoms with Crippen molar-refractivity contribution in [3.8, 4) is 0 Å². The van der Waals surface area contributed by atoms with Crippen LogP contribution in [0.2, 0.25) is 0 Å². The molecule has 0 bridgehead atoms. The third-order valence-electron chi connectivity index (χ3n) is 1.32. The van der Waals surface area contributed by atoms with E-state index in [4.69, 9.17) is 5.11 Å². The summed E-state index contributed by atoms with van der Waals surface area (Å²) in [5.74, 6) is 0. The van der Waals surface area contributed by atoms with Crippen LogP contribution in [0, 0.1) is 0 Å². The minimum atomic E-state index is -0.539. The smallest absolute Gasteiger partial charge is 0.345 e. The first-order valence-corrected chi connectivity index (χ1v) is 4.37. The lowest BCUT2D eigenvalue weighted by atomic mass is 10.4. The third kappa shape index (κ3) is 3.42. The summed E-state index contributed by atoms with van der Waals surface area (Å²) in [7, 11) is 1.62. The number of rotatable bonds is 2. The van der Waals surface area contributed by atoms with Crippen molar-refractivity contribution in [3.05, 3.63) is 16.8 Å². The average Bonchev–Trinajstić information content (AvgIpc) is 2.39. The predicted octanol–water partition coefficient (Wildman–Crippen LogP) is -0.0112. The molecule has 76 valence electrons. The summed E-state index contributed by atoms with van der Waals surface area (Å²) in [6, 6.07) is 0. The lowest BCUT2D eigenvalue weighted by Gasteiger charge is -2.00. The molecule has 0 aromatic carbocycles. The van der Waals surface area contributed by atoms with Crippen LogP contribution in [0.25, 0.3) is 0 Å². The molecule has 13 heavy (non-hydrogen) atoms. The van der Waals surface area contributed by atoms with Crippen LogP contribution in [-0.2, 0) is 13.6 Å². The number of nitrogens with zero attached hydrogens (tertiary/aromatic N) is 3. The van der Waals surface area contributed by atoms with Crippen LogP contribution in [0.5, 0.6) is 0 Å². The Bertz CT molecular complexity index is 288. The Balaban J connectivity index is 0.000000671. The van der Waals surface area contributed by atoms with Gasteiger partial charge in [0, 0.05) is 7.05 Å². The standard InChI is InChI=1S/C6H11N3O2.C2H6/c1-5(10)3-9-6(11)8(2)4-7-9;1-2/h4-5,10H,3H2,1-2H3;1-2H3. The van der Waals surface area contributed by atoms with Crippen LogP contribution >= 0.6 is 0 Å². The second-order valence-electron chi connectivity index (χ2n) is 2.56. The molecule has 1 N–H and O–H groups in total. The maximum atomic E-state index is 11.1. The van der Waals surface area contributed by atoms with Crippen molar-refractivity contribution < 1.29 is 5.11 Å². The first kappa shape index (κ1) is 11.9. The second kappa shape index (κ2) is 5.53. The molecule has 5 nitrogen and oxygen atoms in total. The fourth-order valence-electron chi connectivity index (χ4n) is 0.796. The molecule has 0 spiro atoms. The lowest BCUT2D eigenvalue weighted by Crippen LogP contribution is -2.27. The SMILES string of the molecule is CC.CC(O)Cn1ncn(C)c1=O. The molecule has 0 radical (unpaired) electrons. The molecule has 0 fully saturated rings. The summed E-state index contributed by atoms with van der Waals surface area (Å²) < 4.78 is 2.59. The number of aliphatic hydroxyl groups is 1. The van der Waals surface area contributed by atoms with E-state index in [2.05, 4.69) is 5.10 Å². The summed E-state index contributed by atoms with van der Waals surface area (Å²) >= 11 is 0. The summed E-state index contributed by atoms with van der Waals surface area (Å²) in [6.45, 7) is 5.86. The Hall–Kier alpha value is -1.10. The zero-order valence-electron chi connectivity index (χ0n) is 8.56. The third-order valence-corrected chi connectivity index (χ3v) is 1.32. The van der Waals surface area contributed by atoms with E-state index in [0.29, 0.717) is 0 Å². The highest BCUT2D eigenvalue weighted by atomic mass is 16.3. The molecule has 0 saturated carbocycles. The molecule has 5 heteroatoms. The molecule has 0 amide bonds. The van der Waals surface area contributed by atoms with Gasteiger partial charge in [0.05, 0.1) is 12.6 Å². The lowest BCUT2D eigenvalue weighted by molar-refractivity contribution is 0.166. The molecule has 1 rings (SSSR count). The minimum absolute atomic E-state index is 0.203. The highest BCUT2D eigenvalue weighted by Crippen LogP contribution is 1.83. The van der Waals surface area contributed by atoms with Gasteiger partial charge in [0.25, 0.3) is 0 Å². The van der Waals surface area contributed by atoms with Gasteiger partial charge in [-0.05, 0) is 6.92 Å². The van der Waals surface area contributed by atoms with Gasteiger partial charge in [-0.3, -0.25) is 4.57 Å². The molecule has 1 heterocycles. The van der Waals surface area contributed by atoms with Gasteiger partial charge in [0.2, 0.25) is 0 Å². The van der Waals surface area contributed by atoms with E-state index in [1.54, 1.807) is 14.0 Å². The average molecular weight is 187 g/mol. The first-order chi connectivity index (χ1) is 6.11. The van der Waals surface area contributed by atoms with Gasteiger partial charge in [-0.15, -0.1) is 0 Å². The van der Waals surface area contributed by atoms with Crippen LogP contribution < -0.4 is 5.69 Å². The van der Waals surface area contributed by atoms with E-state index in [-0.39, 0.29) is 12.2 Å². The van der Waals surface area contributed by atoms with Gasteiger partial charge in [0.15, 0.2) is 0 Å². The van der Waals surface area contributed by atoms with Gasteiger partial charge in [-0.25, -0.2) is 9.48 Å². The summed E-state index contributed by atoms with van der Waals surface area (Å²) in [5.41, 5.74) is -0.203. The number of aliphatic hydroxyl groups excluding tert-OH is 1. The van der Waals surface area contributed by atoms with E-state index >= 15 is 0 Å². The molecule has 1 aromatic heterocycles. The highest BCUT2D eigenvalue weighted by Gasteiger charge is 2.03. The van der Waals surface area contributed by atoms with E-state index < -0.39 is 6.10 Å². The normalized spacial score (nSPS) is 11.8. The van der Waals surface area contributed by atoms with Crippen molar-refractivity contribution in [2.75, 3.05) is 0 Å². The van der Waals surface area contributed by atoms with E-state index in [1.807, 2.05) is 13.8 Å². The quantitative estimate of drug-likeness (QED) is 0.708. The van der Waals surface area contributed by atoms with E-state index in [0.717, 1.165) is 0 Å². The van der Waals surface area contributed by atoms with Crippen LogP contribution in [0.4, 0.5) is 0 Å². The fourth-order valence-corrected chi connectivity index (χ4v) is 0.796. The summed E-state index contributed by atoms with van der Waals surface area (Å²) in [4.78, 5) is 11.1. The van der Waals surface area contributed by atoms with Crippen molar-refractivity contribution in [1.82, 2.24) is 14.3 Å². The Morgan fingerprint density at radius 1 is 1.62 bits per heavy atom. The van der Waals surface area contributed by atoms with Gasteiger partial charge >= 0.3 is 5.69 Å². The predicted molar refractivity (Wildman–Crippen MR) is 50.5 cm³/mol. The number of hydrogen-bond donors (Lipinski definition) is 1. The Morgan fingerprint density at radius 2 is 2.15 bits per heavy atom. The molecular formula is C8H17N3O2. The topological polar surface area (TPSA) is 60.0 Å². The monoisotopic (exact) mass is 187 g/mol. The fraction of sp³-hybridized carbons (Fsp3) is 0.750. The molecule has 1 atom stereocenters. The molecule has 0 saturated heterocycles. The molecule has 0 aliphatic rings. The second-order valence-corrected chi connectivity index (χ2v) is 2.56. The zero-order chi connectivity index (χ0) is 10.4. The highest BCUT2D eigenvalue weighted by molar-refractivity contribution is 4.65. The Morgan fingerprint density at radius 3 is 2.46 bits per heavy atom. The maximum absolute atomic E-state index is 11.1. The van der Waals surface area contributed by atoms with Crippen molar-refractivity contribution in [2.24, 2.45) is 7.05 Å². The number of aryl methyl sites for hydroxylation is 1. The van der Waals surface area contributed by atoms with Crippen molar-refractivity contribution in [3.63, 3.8) is 0 Å². The summed E-state index contributed by atoms with van der Waals surface area (Å²) in [6.07, 6.45) is 0.882. The molecule has 1 aromatic rings. The molecule has 0 aliphatic heterocycles. The van der Waals surface area contributed by atoms with Gasteiger partial charge in [-0.1, -0.05) is 13.8 Å². The molecule has 0 aliphatic carbocycles. The first-order valence-electron chi connectivity index (χ1n) is 4.37. The number of hydrogen-bond acceptors (Lipinski definition) is 3.